The Morgan fingerprint density at radius 1 is 1.50 bits per heavy atom. The van der Waals surface area contributed by atoms with Crippen LogP contribution in [0.1, 0.15) is 27.7 Å². The first-order chi connectivity index (χ1) is 7.46. The number of ether oxygens (including phenoxy) is 1. The highest BCUT2D eigenvalue weighted by molar-refractivity contribution is 5.79. The van der Waals surface area contributed by atoms with Gasteiger partial charge in [0.2, 0.25) is 5.91 Å². The number of nitrogens with one attached hydrogen (secondary N) is 2. The minimum Gasteiger partial charge on any atom is -0.374 e. The minimum absolute atomic E-state index is 0.109. The summed E-state index contributed by atoms with van der Waals surface area (Å²) in [6, 6.07) is 0. The van der Waals surface area contributed by atoms with Gasteiger partial charge in [0.15, 0.2) is 0 Å². The molecular weight excluding hydrogens is 204 g/mol. The van der Waals surface area contributed by atoms with E-state index in [1.54, 1.807) is 0 Å². The fraction of sp³-hybridized carbons (Fsp3) is 0.917. The van der Waals surface area contributed by atoms with Crippen molar-refractivity contribution < 1.29 is 9.53 Å². The van der Waals surface area contributed by atoms with E-state index in [1.807, 2.05) is 20.8 Å². The lowest BCUT2D eigenvalue weighted by Gasteiger charge is -2.26. The van der Waals surface area contributed by atoms with Gasteiger partial charge in [0.25, 0.3) is 0 Å². The molecule has 0 bridgehead atoms. The molecule has 0 aliphatic carbocycles. The smallest absolute Gasteiger partial charge is 0.224 e. The molecule has 1 rings (SSSR count). The molecule has 1 aliphatic heterocycles. The molecule has 1 saturated heterocycles. The van der Waals surface area contributed by atoms with Crippen LogP contribution in [0.3, 0.4) is 0 Å². The van der Waals surface area contributed by atoms with E-state index < -0.39 is 0 Å². The molecule has 0 aromatic carbocycles. The number of hydrogen-bond acceptors (Lipinski definition) is 3. The maximum atomic E-state index is 11.9. The van der Waals surface area contributed by atoms with Gasteiger partial charge in [0.1, 0.15) is 0 Å². The highest BCUT2D eigenvalue weighted by atomic mass is 16.5. The van der Waals surface area contributed by atoms with Gasteiger partial charge < -0.3 is 15.4 Å². The van der Waals surface area contributed by atoms with E-state index in [4.69, 9.17) is 4.74 Å². The van der Waals surface area contributed by atoms with Gasteiger partial charge in [-0.2, -0.15) is 0 Å². The molecule has 1 fully saturated rings. The fourth-order valence-electron chi connectivity index (χ4n) is 2.03. The molecule has 94 valence electrons. The summed E-state index contributed by atoms with van der Waals surface area (Å²) in [6.45, 7) is 11.0. The Kier molecular flexibility index (Phi) is 4.74. The van der Waals surface area contributed by atoms with Gasteiger partial charge in [-0.15, -0.1) is 0 Å². The van der Waals surface area contributed by atoms with Crippen molar-refractivity contribution in [2.75, 3.05) is 26.2 Å². The zero-order valence-corrected chi connectivity index (χ0v) is 10.8. The molecule has 0 aromatic heterocycles. The Balaban J connectivity index is 2.34. The number of rotatable bonds is 5. The molecule has 4 heteroatoms. The molecule has 0 aromatic rings. The highest BCUT2D eigenvalue weighted by Crippen LogP contribution is 2.16. The molecule has 2 atom stereocenters. The van der Waals surface area contributed by atoms with Crippen LogP contribution < -0.4 is 10.6 Å². The summed E-state index contributed by atoms with van der Waals surface area (Å²) in [7, 11) is 0. The van der Waals surface area contributed by atoms with Crippen molar-refractivity contribution in [3.05, 3.63) is 0 Å². The van der Waals surface area contributed by atoms with Gasteiger partial charge in [0, 0.05) is 19.7 Å². The van der Waals surface area contributed by atoms with Gasteiger partial charge in [-0.3, -0.25) is 4.79 Å². The van der Waals surface area contributed by atoms with Crippen molar-refractivity contribution in [2.45, 2.75) is 33.3 Å². The van der Waals surface area contributed by atoms with Crippen molar-refractivity contribution >= 4 is 5.91 Å². The van der Waals surface area contributed by atoms with Crippen molar-refractivity contribution in [1.29, 1.82) is 0 Å². The lowest BCUT2D eigenvalue weighted by Crippen LogP contribution is -2.44. The lowest BCUT2D eigenvalue weighted by molar-refractivity contribution is -0.127. The van der Waals surface area contributed by atoms with Crippen molar-refractivity contribution in [3.8, 4) is 0 Å². The molecule has 1 heterocycles. The van der Waals surface area contributed by atoms with Crippen LogP contribution >= 0.6 is 0 Å². The Morgan fingerprint density at radius 2 is 2.19 bits per heavy atom. The van der Waals surface area contributed by atoms with E-state index in [0.29, 0.717) is 19.1 Å². The molecule has 0 saturated carbocycles. The summed E-state index contributed by atoms with van der Waals surface area (Å²) in [5, 5.41) is 6.21. The summed E-state index contributed by atoms with van der Waals surface area (Å²) < 4.78 is 5.54. The minimum atomic E-state index is -0.278. The predicted molar refractivity (Wildman–Crippen MR) is 64.2 cm³/mol. The normalized spacial score (nSPS) is 25.8. The SMILES string of the molecule is CCOC(C)(C)CNC(=O)C1CNCC1C. The average molecular weight is 228 g/mol. The number of carbonyl (C=O) groups excluding carboxylic acids is 1. The first-order valence-electron chi connectivity index (χ1n) is 6.08. The first-order valence-corrected chi connectivity index (χ1v) is 6.08. The maximum Gasteiger partial charge on any atom is 0.224 e. The van der Waals surface area contributed by atoms with Crippen molar-refractivity contribution in [2.24, 2.45) is 11.8 Å². The molecule has 0 radical (unpaired) electrons. The van der Waals surface area contributed by atoms with Crippen LogP contribution in [0.25, 0.3) is 0 Å². The largest absolute Gasteiger partial charge is 0.374 e. The van der Waals surface area contributed by atoms with E-state index >= 15 is 0 Å². The van der Waals surface area contributed by atoms with Crippen LogP contribution in [0.4, 0.5) is 0 Å². The summed E-state index contributed by atoms with van der Waals surface area (Å²) in [4.78, 5) is 11.9. The Bertz CT molecular complexity index is 241. The Hall–Kier alpha value is -0.610. The zero-order chi connectivity index (χ0) is 12.2. The van der Waals surface area contributed by atoms with E-state index in [9.17, 15) is 4.79 Å². The van der Waals surface area contributed by atoms with Crippen molar-refractivity contribution in [3.63, 3.8) is 0 Å². The topological polar surface area (TPSA) is 50.4 Å². The molecular formula is C12H24N2O2. The van der Waals surface area contributed by atoms with Crippen LogP contribution in [0, 0.1) is 11.8 Å². The third-order valence-electron chi connectivity index (χ3n) is 3.08. The average Bonchev–Trinajstić information content (AvgIpc) is 2.61. The van der Waals surface area contributed by atoms with Crippen LogP contribution in [0.2, 0.25) is 0 Å². The van der Waals surface area contributed by atoms with Crippen LogP contribution in [-0.2, 0) is 9.53 Å². The number of carbonyl (C=O) groups is 1. The second kappa shape index (κ2) is 5.64. The summed E-state index contributed by atoms with van der Waals surface area (Å²) in [5.74, 6) is 0.679. The van der Waals surface area contributed by atoms with Gasteiger partial charge >= 0.3 is 0 Å². The monoisotopic (exact) mass is 228 g/mol. The first kappa shape index (κ1) is 13.5. The quantitative estimate of drug-likeness (QED) is 0.731. The molecule has 4 nitrogen and oxygen atoms in total. The van der Waals surface area contributed by atoms with E-state index in [2.05, 4.69) is 17.6 Å². The molecule has 16 heavy (non-hydrogen) atoms. The van der Waals surface area contributed by atoms with Crippen molar-refractivity contribution in [1.82, 2.24) is 10.6 Å². The maximum absolute atomic E-state index is 11.9. The number of amides is 1. The second-order valence-electron chi connectivity index (χ2n) is 5.15. The molecule has 2 N–H and O–H groups in total. The van der Waals surface area contributed by atoms with Crippen LogP contribution in [-0.4, -0.2) is 37.7 Å². The van der Waals surface area contributed by atoms with E-state index in [-0.39, 0.29) is 17.4 Å². The predicted octanol–water partition coefficient (Wildman–Crippen LogP) is 0.773. The fourth-order valence-corrected chi connectivity index (χ4v) is 2.03. The highest BCUT2D eigenvalue weighted by Gasteiger charge is 2.30. The Labute approximate surface area is 98.1 Å². The van der Waals surface area contributed by atoms with Gasteiger partial charge in [-0.1, -0.05) is 6.92 Å². The lowest BCUT2D eigenvalue weighted by atomic mass is 9.97. The molecule has 1 aliphatic rings. The zero-order valence-electron chi connectivity index (χ0n) is 10.8. The van der Waals surface area contributed by atoms with Gasteiger partial charge in [-0.25, -0.2) is 0 Å². The summed E-state index contributed by atoms with van der Waals surface area (Å²) in [5.41, 5.74) is -0.278. The van der Waals surface area contributed by atoms with Gasteiger partial charge in [-0.05, 0) is 33.2 Å². The summed E-state index contributed by atoms with van der Waals surface area (Å²) in [6.07, 6.45) is 0. The van der Waals surface area contributed by atoms with E-state index in [1.165, 1.54) is 0 Å². The molecule has 0 spiro atoms. The second-order valence-corrected chi connectivity index (χ2v) is 5.15. The van der Waals surface area contributed by atoms with Crippen LogP contribution in [0.5, 0.6) is 0 Å². The molecule has 2 unspecified atom stereocenters. The Morgan fingerprint density at radius 3 is 2.69 bits per heavy atom. The molecule has 1 amide bonds. The van der Waals surface area contributed by atoms with Gasteiger partial charge in [0.05, 0.1) is 11.5 Å². The standard InChI is InChI=1S/C12H24N2O2/c1-5-16-12(3,4)8-14-11(15)10-7-13-6-9(10)2/h9-10,13H,5-8H2,1-4H3,(H,14,15). The van der Waals surface area contributed by atoms with E-state index in [0.717, 1.165) is 13.1 Å². The number of hydrogen-bond donors (Lipinski definition) is 2. The van der Waals surface area contributed by atoms with Crippen LogP contribution in [0.15, 0.2) is 0 Å². The summed E-state index contributed by atoms with van der Waals surface area (Å²) >= 11 is 0. The third kappa shape index (κ3) is 3.76. The third-order valence-corrected chi connectivity index (χ3v) is 3.08.